The largest absolute Gasteiger partial charge is 0.481 e. The van der Waals surface area contributed by atoms with Crippen molar-refractivity contribution in [3.63, 3.8) is 0 Å². The number of hydrogen-bond acceptors (Lipinski definition) is 8. The van der Waals surface area contributed by atoms with Gasteiger partial charge in [-0.25, -0.2) is 9.97 Å². The van der Waals surface area contributed by atoms with Gasteiger partial charge in [0.15, 0.2) is 5.16 Å². The zero-order valence-corrected chi connectivity index (χ0v) is 21.0. The molecule has 1 saturated carbocycles. The topological polar surface area (TPSA) is 145 Å². The predicted molar refractivity (Wildman–Crippen MR) is 140 cm³/mol. The Kier molecular flexibility index (Phi) is 8.77. The minimum absolute atomic E-state index is 0.0872. The van der Waals surface area contributed by atoms with Gasteiger partial charge < -0.3 is 21.1 Å². The summed E-state index contributed by atoms with van der Waals surface area (Å²) in [6.07, 6.45) is 5.63. The summed E-state index contributed by atoms with van der Waals surface area (Å²) in [5.74, 6) is 1.58. The van der Waals surface area contributed by atoms with Crippen LogP contribution in [0.25, 0.3) is 0 Å². The van der Waals surface area contributed by atoms with E-state index in [2.05, 4.69) is 36.1 Å². The van der Waals surface area contributed by atoms with Gasteiger partial charge in [-0.1, -0.05) is 12.8 Å². The summed E-state index contributed by atoms with van der Waals surface area (Å²) in [5.41, 5.74) is 1.66. The molecule has 36 heavy (non-hydrogen) atoms. The number of H-pyrrole nitrogens is 1. The van der Waals surface area contributed by atoms with Crippen LogP contribution in [0.2, 0.25) is 0 Å². The third-order valence-electron chi connectivity index (χ3n) is 5.58. The van der Waals surface area contributed by atoms with Crippen molar-refractivity contribution >= 4 is 46.8 Å². The number of carboxylic acid groups (broad SMARTS) is 1. The number of carboxylic acids is 1. The highest BCUT2D eigenvalue weighted by atomic mass is 32.2. The average molecular weight is 510 g/mol. The minimum Gasteiger partial charge on any atom is -0.481 e. The third kappa shape index (κ3) is 8.26. The molecule has 1 fully saturated rings. The Bertz CT molecular complexity index is 1180. The maximum absolute atomic E-state index is 12.0. The van der Waals surface area contributed by atoms with Crippen LogP contribution in [0.5, 0.6) is 0 Å². The Hall–Kier alpha value is -3.60. The maximum atomic E-state index is 12.0. The minimum atomic E-state index is -0.746. The molecule has 1 aromatic carbocycles. The standard InChI is InChI=1S/C25H31N7O3S/c1-16-14-22(32-31-16)28-21-15-20(26-13-5-3-2-4-6-23(33)34)29-25(30-21)36-19-11-9-18(10-12-19)27-24(35)17-7-8-17/h9-12,14-15,17H,2-8,13H2,1H3,(H,27,35)(H,33,34)(H3,26,28,29,30,31,32). The summed E-state index contributed by atoms with van der Waals surface area (Å²) in [4.78, 5) is 32.9. The van der Waals surface area contributed by atoms with E-state index in [1.165, 1.54) is 11.8 Å². The second kappa shape index (κ2) is 12.4. The zero-order valence-electron chi connectivity index (χ0n) is 20.2. The molecule has 11 heteroatoms. The molecule has 0 bridgehead atoms. The molecule has 2 heterocycles. The molecule has 2 aromatic heterocycles. The molecule has 4 rings (SSSR count). The number of aromatic nitrogens is 4. The fourth-order valence-electron chi connectivity index (χ4n) is 3.52. The van der Waals surface area contributed by atoms with Crippen molar-refractivity contribution in [3.8, 4) is 0 Å². The number of carbonyl (C=O) groups excluding carboxylic acids is 1. The number of aliphatic carboxylic acids is 1. The first-order valence-corrected chi connectivity index (χ1v) is 13.0. The van der Waals surface area contributed by atoms with Crippen molar-refractivity contribution in [2.45, 2.75) is 61.9 Å². The lowest BCUT2D eigenvalue weighted by molar-refractivity contribution is -0.137. The van der Waals surface area contributed by atoms with Gasteiger partial charge in [0.25, 0.3) is 0 Å². The molecule has 1 aliphatic rings. The fourth-order valence-corrected chi connectivity index (χ4v) is 4.29. The van der Waals surface area contributed by atoms with E-state index in [0.29, 0.717) is 23.2 Å². The molecule has 1 aliphatic carbocycles. The first-order chi connectivity index (χ1) is 17.4. The van der Waals surface area contributed by atoms with Crippen molar-refractivity contribution in [1.82, 2.24) is 20.2 Å². The summed E-state index contributed by atoms with van der Waals surface area (Å²) >= 11 is 1.43. The van der Waals surface area contributed by atoms with Gasteiger partial charge in [-0.15, -0.1) is 0 Å². The summed E-state index contributed by atoms with van der Waals surface area (Å²) in [5, 5.41) is 25.9. The van der Waals surface area contributed by atoms with Crippen LogP contribution in [0.3, 0.4) is 0 Å². The highest BCUT2D eigenvalue weighted by Crippen LogP contribution is 2.31. The maximum Gasteiger partial charge on any atom is 0.303 e. The Morgan fingerprint density at radius 3 is 2.50 bits per heavy atom. The van der Waals surface area contributed by atoms with Crippen LogP contribution in [0, 0.1) is 12.8 Å². The van der Waals surface area contributed by atoms with Gasteiger partial charge in [0, 0.05) is 41.6 Å². The average Bonchev–Trinajstić information content (AvgIpc) is 3.62. The zero-order chi connectivity index (χ0) is 25.3. The van der Waals surface area contributed by atoms with Crippen molar-refractivity contribution in [1.29, 1.82) is 0 Å². The van der Waals surface area contributed by atoms with E-state index in [9.17, 15) is 9.59 Å². The number of aryl methyl sites for hydroxylation is 1. The number of nitrogens with one attached hydrogen (secondary N) is 4. The van der Waals surface area contributed by atoms with Crippen molar-refractivity contribution < 1.29 is 14.7 Å². The summed E-state index contributed by atoms with van der Waals surface area (Å²) < 4.78 is 0. The first-order valence-electron chi connectivity index (χ1n) is 12.2. The normalized spacial score (nSPS) is 12.8. The first kappa shape index (κ1) is 25.5. The number of nitrogens with zero attached hydrogens (tertiary/aromatic N) is 3. The number of aromatic amines is 1. The van der Waals surface area contributed by atoms with Crippen LogP contribution in [0.15, 0.2) is 46.5 Å². The van der Waals surface area contributed by atoms with Gasteiger partial charge >= 0.3 is 5.97 Å². The van der Waals surface area contributed by atoms with Crippen molar-refractivity contribution in [2.75, 3.05) is 22.5 Å². The van der Waals surface area contributed by atoms with Gasteiger partial charge in [0.1, 0.15) is 17.5 Å². The second-order valence-electron chi connectivity index (χ2n) is 8.84. The smallest absolute Gasteiger partial charge is 0.303 e. The second-order valence-corrected chi connectivity index (χ2v) is 9.88. The number of carbonyl (C=O) groups is 2. The summed E-state index contributed by atoms with van der Waals surface area (Å²) in [6.45, 7) is 2.63. The number of amides is 1. The van der Waals surface area contributed by atoms with Gasteiger partial charge in [0.05, 0.1) is 5.69 Å². The Labute approximate surface area is 214 Å². The van der Waals surface area contributed by atoms with E-state index in [1.807, 2.05) is 43.3 Å². The van der Waals surface area contributed by atoms with Gasteiger partial charge in [-0.2, -0.15) is 5.10 Å². The fraction of sp³-hybridized carbons (Fsp3) is 0.400. The summed E-state index contributed by atoms with van der Waals surface area (Å²) in [7, 11) is 0. The quantitative estimate of drug-likeness (QED) is 0.146. The SMILES string of the molecule is Cc1cc(Nc2cc(NCCCCCCC(=O)O)nc(Sc3ccc(NC(=O)C4CC4)cc3)n2)[nH]n1. The molecular weight excluding hydrogens is 478 g/mol. The summed E-state index contributed by atoms with van der Waals surface area (Å²) in [6, 6.07) is 11.4. The number of rotatable bonds is 14. The molecule has 3 aromatic rings. The lowest BCUT2D eigenvalue weighted by atomic mass is 10.1. The van der Waals surface area contributed by atoms with Gasteiger partial charge in [-0.3, -0.25) is 14.7 Å². The van der Waals surface area contributed by atoms with E-state index in [0.717, 1.165) is 60.7 Å². The molecule has 0 atom stereocenters. The third-order valence-corrected chi connectivity index (χ3v) is 6.45. The van der Waals surface area contributed by atoms with Crippen LogP contribution in [-0.4, -0.2) is 43.7 Å². The van der Waals surface area contributed by atoms with Crippen LogP contribution >= 0.6 is 11.8 Å². The molecule has 0 spiro atoms. The molecule has 0 radical (unpaired) electrons. The van der Waals surface area contributed by atoms with E-state index in [-0.39, 0.29) is 18.2 Å². The van der Waals surface area contributed by atoms with Crippen LogP contribution in [-0.2, 0) is 9.59 Å². The Morgan fingerprint density at radius 1 is 1.06 bits per heavy atom. The molecule has 190 valence electrons. The number of benzene rings is 1. The van der Waals surface area contributed by atoms with Crippen LogP contribution < -0.4 is 16.0 Å². The predicted octanol–water partition coefficient (Wildman–Crippen LogP) is 5.20. The van der Waals surface area contributed by atoms with Gasteiger partial charge in [0.2, 0.25) is 5.91 Å². The Balaban J connectivity index is 1.38. The monoisotopic (exact) mass is 509 g/mol. The highest BCUT2D eigenvalue weighted by molar-refractivity contribution is 7.99. The lowest BCUT2D eigenvalue weighted by Crippen LogP contribution is -2.12. The van der Waals surface area contributed by atoms with E-state index < -0.39 is 5.97 Å². The molecule has 0 unspecified atom stereocenters. The lowest BCUT2D eigenvalue weighted by Gasteiger charge is -2.11. The molecular formula is C25H31N7O3S. The van der Waals surface area contributed by atoms with E-state index in [4.69, 9.17) is 5.11 Å². The van der Waals surface area contributed by atoms with E-state index >= 15 is 0 Å². The highest BCUT2D eigenvalue weighted by Gasteiger charge is 2.29. The van der Waals surface area contributed by atoms with Crippen molar-refractivity contribution in [2.24, 2.45) is 5.92 Å². The van der Waals surface area contributed by atoms with Crippen LogP contribution in [0.4, 0.5) is 23.1 Å². The molecule has 10 nitrogen and oxygen atoms in total. The molecule has 0 saturated heterocycles. The van der Waals surface area contributed by atoms with Crippen LogP contribution in [0.1, 0.15) is 50.6 Å². The number of anilines is 4. The van der Waals surface area contributed by atoms with Crippen molar-refractivity contribution in [3.05, 3.63) is 42.1 Å². The van der Waals surface area contributed by atoms with Gasteiger partial charge in [-0.05, 0) is 68.6 Å². The number of unbranched alkanes of at least 4 members (excludes halogenated alkanes) is 3. The molecule has 1 amide bonds. The molecule has 0 aliphatic heterocycles. The number of hydrogen-bond donors (Lipinski definition) is 5. The Morgan fingerprint density at radius 2 is 1.81 bits per heavy atom. The molecule has 5 N–H and O–H groups in total. The van der Waals surface area contributed by atoms with E-state index in [1.54, 1.807) is 0 Å².